The highest BCUT2D eigenvalue weighted by Gasteiger charge is 2.28. The second-order valence-corrected chi connectivity index (χ2v) is 6.83. The highest BCUT2D eigenvalue weighted by molar-refractivity contribution is 9.09. The van der Waals surface area contributed by atoms with Gasteiger partial charge in [-0.2, -0.15) is 0 Å². The standard InChI is InChI=1S/C16H22BrNO3/c1-16(2,8-5-9-17)11-18-15(19)14-10-20-12-6-3-4-7-13(12)21-14/h3-4,6-7,14H,5,8-11H2,1-2H3,(H,18,19). The molecular formula is C16H22BrNO3. The molecule has 1 atom stereocenters. The van der Waals surface area contributed by atoms with E-state index in [-0.39, 0.29) is 17.9 Å². The van der Waals surface area contributed by atoms with E-state index in [1.54, 1.807) is 0 Å². The fourth-order valence-electron chi connectivity index (χ4n) is 2.22. The molecule has 0 bridgehead atoms. The molecule has 0 aromatic heterocycles. The molecular weight excluding hydrogens is 334 g/mol. The molecule has 5 heteroatoms. The van der Waals surface area contributed by atoms with Crippen molar-refractivity contribution in [1.29, 1.82) is 0 Å². The molecule has 1 amide bonds. The van der Waals surface area contributed by atoms with Gasteiger partial charge in [0.2, 0.25) is 6.10 Å². The molecule has 0 spiro atoms. The van der Waals surface area contributed by atoms with Gasteiger partial charge in [-0.1, -0.05) is 41.9 Å². The Labute approximate surface area is 134 Å². The van der Waals surface area contributed by atoms with Gasteiger partial charge in [0.05, 0.1) is 0 Å². The molecule has 0 fully saturated rings. The first-order chi connectivity index (χ1) is 10.0. The smallest absolute Gasteiger partial charge is 0.264 e. The van der Waals surface area contributed by atoms with Crippen molar-refractivity contribution in [1.82, 2.24) is 5.32 Å². The molecule has 1 aromatic carbocycles. The van der Waals surface area contributed by atoms with E-state index in [9.17, 15) is 4.79 Å². The zero-order valence-corrected chi connectivity index (χ0v) is 14.1. The fourth-order valence-corrected chi connectivity index (χ4v) is 2.50. The number of ether oxygens (including phenoxy) is 2. The number of alkyl halides is 1. The summed E-state index contributed by atoms with van der Waals surface area (Å²) in [4.78, 5) is 12.2. The van der Waals surface area contributed by atoms with Crippen molar-refractivity contribution < 1.29 is 14.3 Å². The third-order valence-corrected chi connectivity index (χ3v) is 4.09. The van der Waals surface area contributed by atoms with E-state index in [1.807, 2.05) is 24.3 Å². The lowest BCUT2D eigenvalue weighted by Gasteiger charge is -2.28. The molecule has 21 heavy (non-hydrogen) atoms. The van der Waals surface area contributed by atoms with Crippen molar-refractivity contribution in [3.05, 3.63) is 24.3 Å². The number of rotatable bonds is 6. The number of hydrogen-bond acceptors (Lipinski definition) is 3. The second-order valence-electron chi connectivity index (χ2n) is 6.04. The Kier molecular flexibility index (Phi) is 5.51. The normalized spacial score (nSPS) is 17.4. The number of nitrogens with one attached hydrogen (secondary N) is 1. The van der Waals surface area contributed by atoms with Gasteiger partial charge in [-0.05, 0) is 30.4 Å². The van der Waals surface area contributed by atoms with Crippen LogP contribution in [0.3, 0.4) is 0 Å². The Bertz CT molecular complexity index is 490. The Morgan fingerprint density at radius 3 is 2.81 bits per heavy atom. The lowest BCUT2D eigenvalue weighted by molar-refractivity contribution is -0.130. The van der Waals surface area contributed by atoms with E-state index in [1.165, 1.54) is 0 Å². The van der Waals surface area contributed by atoms with Gasteiger partial charge in [0.15, 0.2) is 11.5 Å². The predicted octanol–water partition coefficient (Wildman–Crippen LogP) is 3.14. The maximum Gasteiger partial charge on any atom is 0.264 e. The van der Waals surface area contributed by atoms with Crippen molar-refractivity contribution in [2.24, 2.45) is 5.41 Å². The fraction of sp³-hybridized carbons (Fsp3) is 0.562. The van der Waals surface area contributed by atoms with Crippen LogP contribution in [-0.4, -0.2) is 30.5 Å². The average molecular weight is 356 g/mol. The largest absolute Gasteiger partial charge is 0.485 e. The first kappa shape index (κ1) is 16.1. The molecule has 1 heterocycles. The molecule has 1 aromatic rings. The van der Waals surface area contributed by atoms with Crippen LogP contribution in [0, 0.1) is 5.41 Å². The number of benzene rings is 1. The summed E-state index contributed by atoms with van der Waals surface area (Å²) in [6, 6.07) is 7.41. The van der Waals surface area contributed by atoms with Gasteiger partial charge < -0.3 is 14.8 Å². The van der Waals surface area contributed by atoms with E-state index in [0.717, 1.165) is 18.2 Å². The zero-order chi connectivity index (χ0) is 15.3. The van der Waals surface area contributed by atoms with E-state index >= 15 is 0 Å². The summed E-state index contributed by atoms with van der Waals surface area (Å²) in [5.41, 5.74) is 0.0802. The summed E-state index contributed by atoms with van der Waals surface area (Å²) in [7, 11) is 0. The number of carbonyl (C=O) groups is 1. The summed E-state index contributed by atoms with van der Waals surface area (Å²) in [5.74, 6) is 1.21. The predicted molar refractivity (Wildman–Crippen MR) is 86.2 cm³/mol. The van der Waals surface area contributed by atoms with Crippen molar-refractivity contribution in [3.8, 4) is 11.5 Å². The van der Waals surface area contributed by atoms with Crippen LogP contribution in [0.1, 0.15) is 26.7 Å². The molecule has 1 aliphatic heterocycles. The van der Waals surface area contributed by atoms with Crippen LogP contribution in [0.5, 0.6) is 11.5 Å². The minimum absolute atomic E-state index is 0.0802. The number of para-hydroxylation sites is 2. The Balaban J connectivity index is 1.85. The van der Waals surface area contributed by atoms with Crippen LogP contribution in [0.15, 0.2) is 24.3 Å². The monoisotopic (exact) mass is 355 g/mol. The van der Waals surface area contributed by atoms with E-state index in [0.29, 0.717) is 18.0 Å². The van der Waals surface area contributed by atoms with Crippen LogP contribution >= 0.6 is 15.9 Å². The van der Waals surface area contributed by atoms with Crippen LogP contribution < -0.4 is 14.8 Å². The Morgan fingerprint density at radius 1 is 1.38 bits per heavy atom. The van der Waals surface area contributed by atoms with E-state index in [4.69, 9.17) is 9.47 Å². The number of halogens is 1. The molecule has 0 saturated carbocycles. The van der Waals surface area contributed by atoms with Gasteiger partial charge in [0, 0.05) is 11.9 Å². The molecule has 1 aliphatic rings. The van der Waals surface area contributed by atoms with Crippen molar-refractivity contribution in [3.63, 3.8) is 0 Å². The first-order valence-corrected chi connectivity index (χ1v) is 8.36. The lowest BCUT2D eigenvalue weighted by Crippen LogP contribution is -2.46. The maximum absolute atomic E-state index is 12.2. The molecule has 0 aliphatic carbocycles. The average Bonchev–Trinajstić information content (AvgIpc) is 2.50. The molecule has 0 saturated heterocycles. The van der Waals surface area contributed by atoms with Gasteiger partial charge >= 0.3 is 0 Å². The quantitative estimate of drug-likeness (QED) is 0.797. The lowest BCUT2D eigenvalue weighted by atomic mass is 9.88. The molecule has 1 unspecified atom stereocenters. The van der Waals surface area contributed by atoms with Crippen molar-refractivity contribution >= 4 is 21.8 Å². The molecule has 1 N–H and O–H groups in total. The minimum Gasteiger partial charge on any atom is -0.485 e. The number of carbonyl (C=O) groups excluding carboxylic acids is 1. The highest BCUT2D eigenvalue weighted by Crippen LogP contribution is 2.31. The van der Waals surface area contributed by atoms with Crippen LogP contribution in [0.4, 0.5) is 0 Å². The molecule has 2 rings (SSSR count). The minimum atomic E-state index is -0.577. The Hall–Kier alpha value is -1.23. The summed E-state index contributed by atoms with van der Waals surface area (Å²) in [6.07, 6.45) is 1.58. The summed E-state index contributed by atoms with van der Waals surface area (Å²) in [6.45, 7) is 5.21. The highest BCUT2D eigenvalue weighted by atomic mass is 79.9. The van der Waals surface area contributed by atoms with Gasteiger partial charge in [-0.15, -0.1) is 0 Å². The molecule has 0 radical (unpaired) electrons. The van der Waals surface area contributed by atoms with E-state index in [2.05, 4.69) is 35.1 Å². The maximum atomic E-state index is 12.2. The van der Waals surface area contributed by atoms with Gasteiger partial charge in [-0.3, -0.25) is 4.79 Å². The second kappa shape index (κ2) is 7.16. The van der Waals surface area contributed by atoms with Crippen molar-refractivity contribution in [2.45, 2.75) is 32.8 Å². The van der Waals surface area contributed by atoms with Crippen LogP contribution in [-0.2, 0) is 4.79 Å². The van der Waals surface area contributed by atoms with Crippen LogP contribution in [0.25, 0.3) is 0 Å². The topological polar surface area (TPSA) is 47.6 Å². The van der Waals surface area contributed by atoms with Crippen molar-refractivity contribution in [2.75, 3.05) is 18.5 Å². The SMILES string of the molecule is CC(C)(CCCBr)CNC(=O)C1COc2ccccc2O1. The summed E-state index contributed by atoms with van der Waals surface area (Å²) >= 11 is 3.44. The molecule has 116 valence electrons. The molecule has 4 nitrogen and oxygen atoms in total. The number of hydrogen-bond donors (Lipinski definition) is 1. The third-order valence-electron chi connectivity index (χ3n) is 3.53. The van der Waals surface area contributed by atoms with Gasteiger partial charge in [0.1, 0.15) is 6.61 Å². The number of fused-ring (bicyclic) bond motifs is 1. The number of amides is 1. The zero-order valence-electron chi connectivity index (χ0n) is 12.5. The van der Waals surface area contributed by atoms with Crippen LogP contribution in [0.2, 0.25) is 0 Å². The summed E-state index contributed by atoms with van der Waals surface area (Å²) in [5, 5.41) is 3.96. The van der Waals surface area contributed by atoms with Gasteiger partial charge in [0.25, 0.3) is 5.91 Å². The van der Waals surface area contributed by atoms with E-state index < -0.39 is 6.10 Å². The third kappa shape index (κ3) is 4.63. The summed E-state index contributed by atoms with van der Waals surface area (Å²) < 4.78 is 11.3. The van der Waals surface area contributed by atoms with Gasteiger partial charge in [-0.25, -0.2) is 0 Å². The first-order valence-electron chi connectivity index (χ1n) is 7.24. The Morgan fingerprint density at radius 2 is 2.10 bits per heavy atom.